The molecular weight excluding hydrogens is 262 g/mol. The number of benzene rings is 1. The number of likely N-dealkylation sites (tertiary alicyclic amines) is 1. The van der Waals surface area contributed by atoms with Crippen molar-refractivity contribution in [3.63, 3.8) is 0 Å². The van der Waals surface area contributed by atoms with Gasteiger partial charge in [0.05, 0.1) is 12.0 Å². The number of ether oxygens (including phenoxy) is 1. The second-order valence-corrected chi connectivity index (χ2v) is 5.79. The van der Waals surface area contributed by atoms with Gasteiger partial charge in [0.25, 0.3) is 0 Å². The first-order valence-corrected chi connectivity index (χ1v) is 8.14. The molecule has 1 saturated heterocycles. The minimum absolute atomic E-state index is 0.0540. The zero-order valence-corrected chi connectivity index (χ0v) is 13.5. The molecule has 3 heteroatoms. The number of hydrogen-bond acceptors (Lipinski definition) is 3. The van der Waals surface area contributed by atoms with Crippen LogP contribution in [0.15, 0.2) is 30.3 Å². The SMILES string of the molecule is CCOC(=O)[C@@](CC)(c1ccccc1)[C@@H]1CCN(CC)C1. The summed E-state index contributed by atoms with van der Waals surface area (Å²) in [7, 11) is 0. The van der Waals surface area contributed by atoms with Crippen LogP contribution in [0.25, 0.3) is 0 Å². The van der Waals surface area contributed by atoms with Crippen LogP contribution in [0, 0.1) is 5.92 Å². The van der Waals surface area contributed by atoms with Gasteiger partial charge in [0, 0.05) is 6.54 Å². The Morgan fingerprint density at radius 3 is 2.52 bits per heavy atom. The molecule has 2 atom stereocenters. The van der Waals surface area contributed by atoms with Gasteiger partial charge in [-0.3, -0.25) is 4.79 Å². The lowest BCUT2D eigenvalue weighted by molar-refractivity contribution is -0.152. The van der Waals surface area contributed by atoms with E-state index in [1.165, 1.54) is 0 Å². The van der Waals surface area contributed by atoms with Crippen LogP contribution in [0.5, 0.6) is 0 Å². The molecule has 2 rings (SSSR count). The molecular formula is C18H27NO2. The van der Waals surface area contributed by atoms with Crippen molar-refractivity contribution in [2.45, 2.75) is 39.0 Å². The van der Waals surface area contributed by atoms with Crippen LogP contribution in [0.3, 0.4) is 0 Å². The smallest absolute Gasteiger partial charge is 0.316 e. The summed E-state index contributed by atoms with van der Waals surface area (Å²) in [6.45, 7) is 9.73. The number of nitrogens with zero attached hydrogens (tertiary/aromatic N) is 1. The molecule has 0 aliphatic carbocycles. The van der Waals surface area contributed by atoms with Crippen molar-refractivity contribution in [1.29, 1.82) is 0 Å². The fourth-order valence-corrected chi connectivity index (χ4v) is 3.67. The minimum Gasteiger partial charge on any atom is -0.465 e. The van der Waals surface area contributed by atoms with Crippen LogP contribution >= 0.6 is 0 Å². The van der Waals surface area contributed by atoms with Gasteiger partial charge in [-0.25, -0.2) is 0 Å². The molecule has 0 saturated carbocycles. The quantitative estimate of drug-likeness (QED) is 0.753. The predicted molar refractivity (Wildman–Crippen MR) is 85.3 cm³/mol. The lowest BCUT2D eigenvalue weighted by Gasteiger charge is -2.36. The maximum atomic E-state index is 12.8. The molecule has 0 spiro atoms. The summed E-state index contributed by atoms with van der Waals surface area (Å²) >= 11 is 0. The standard InChI is InChI=1S/C18H27NO2/c1-4-18(17(20)21-6-3,15-10-8-7-9-11-15)16-12-13-19(5-2)14-16/h7-11,16H,4-6,12-14H2,1-3H3/t16-,18+/m1/s1. The highest BCUT2D eigenvalue weighted by Gasteiger charge is 2.48. The van der Waals surface area contributed by atoms with Gasteiger partial charge in [0.15, 0.2) is 0 Å². The summed E-state index contributed by atoms with van der Waals surface area (Å²) in [4.78, 5) is 15.3. The van der Waals surface area contributed by atoms with Crippen molar-refractivity contribution in [3.8, 4) is 0 Å². The molecule has 0 N–H and O–H groups in total. The summed E-state index contributed by atoms with van der Waals surface area (Å²) in [6.07, 6.45) is 1.85. The first-order valence-electron chi connectivity index (χ1n) is 8.14. The largest absolute Gasteiger partial charge is 0.465 e. The van der Waals surface area contributed by atoms with E-state index in [0.717, 1.165) is 38.0 Å². The fourth-order valence-electron chi connectivity index (χ4n) is 3.67. The third kappa shape index (κ3) is 2.98. The van der Waals surface area contributed by atoms with Crippen molar-refractivity contribution in [2.75, 3.05) is 26.2 Å². The Morgan fingerprint density at radius 1 is 1.29 bits per heavy atom. The van der Waals surface area contributed by atoms with Crippen molar-refractivity contribution in [3.05, 3.63) is 35.9 Å². The Hall–Kier alpha value is -1.35. The Morgan fingerprint density at radius 2 is 2.00 bits per heavy atom. The van der Waals surface area contributed by atoms with Gasteiger partial charge < -0.3 is 9.64 Å². The second-order valence-electron chi connectivity index (χ2n) is 5.79. The molecule has 0 radical (unpaired) electrons. The number of esters is 1. The van der Waals surface area contributed by atoms with E-state index in [1.54, 1.807) is 0 Å². The Balaban J connectivity index is 2.40. The Kier molecular flexibility index (Phi) is 5.40. The molecule has 1 fully saturated rings. The molecule has 1 aromatic rings. The molecule has 1 aromatic carbocycles. The summed E-state index contributed by atoms with van der Waals surface area (Å²) in [6, 6.07) is 10.2. The topological polar surface area (TPSA) is 29.5 Å². The minimum atomic E-state index is -0.499. The first-order chi connectivity index (χ1) is 10.2. The van der Waals surface area contributed by atoms with E-state index >= 15 is 0 Å². The lowest BCUT2D eigenvalue weighted by Crippen LogP contribution is -2.45. The van der Waals surface area contributed by atoms with E-state index in [1.807, 2.05) is 25.1 Å². The molecule has 3 nitrogen and oxygen atoms in total. The van der Waals surface area contributed by atoms with Gasteiger partial charge in [-0.2, -0.15) is 0 Å². The van der Waals surface area contributed by atoms with E-state index in [9.17, 15) is 4.79 Å². The zero-order valence-electron chi connectivity index (χ0n) is 13.5. The number of carbonyl (C=O) groups is 1. The lowest BCUT2D eigenvalue weighted by atomic mass is 9.68. The molecule has 0 bridgehead atoms. The zero-order chi connectivity index (χ0) is 15.3. The van der Waals surface area contributed by atoms with E-state index in [4.69, 9.17) is 4.74 Å². The number of hydrogen-bond donors (Lipinski definition) is 0. The maximum absolute atomic E-state index is 12.8. The van der Waals surface area contributed by atoms with Crippen LogP contribution in [0.2, 0.25) is 0 Å². The second kappa shape index (κ2) is 7.08. The van der Waals surface area contributed by atoms with Crippen LogP contribution in [-0.2, 0) is 14.9 Å². The van der Waals surface area contributed by atoms with Gasteiger partial charge in [-0.05, 0) is 44.3 Å². The van der Waals surface area contributed by atoms with Gasteiger partial charge >= 0.3 is 5.97 Å². The summed E-state index contributed by atoms with van der Waals surface area (Å²) in [5, 5.41) is 0. The van der Waals surface area contributed by atoms with Gasteiger partial charge in [0.1, 0.15) is 0 Å². The van der Waals surface area contributed by atoms with Crippen LogP contribution < -0.4 is 0 Å². The molecule has 0 amide bonds. The Bertz CT molecular complexity index is 460. The molecule has 1 heterocycles. The van der Waals surface area contributed by atoms with Crippen LogP contribution in [0.4, 0.5) is 0 Å². The predicted octanol–water partition coefficient (Wildman–Crippen LogP) is 3.24. The average Bonchev–Trinajstić information content (AvgIpc) is 2.99. The maximum Gasteiger partial charge on any atom is 0.316 e. The average molecular weight is 289 g/mol. The Labute approximate surface area is 128 Å². The molecule has 0 unspecified atom stereocenters. The molecule has 1 aliphatic rings. The molecule has 116 valence electrons. The van der Waals surface area contributed by atoms with Gasteiger partial charge in [-0.15, -0.1) is 0 Å². The van der Waals surface area contributed by atoms with E-state index in [-0.39, 0.29) is 5.97 Å². The third-order valence-electron chi connectivity index (χ3n) is 4.90. The van der Waals surface area contributed by atoms with Gasteiger partial charge in [0.2, 0.25) is 0 Å². The third-order valence-corrected chi connectivity index (χ3v) is 4.90. The van der Waals surface area contributed by atoms with Crippen LogP contribution in [0.1, 0.15) is 39.2 Å². The van der Waals surface area contributed by atoms with Crippen molar-refractivity contribution in [2.24, 2.45) is 5.92 Å². The first kappa shape index (κ1) is 16.0. The van der Waals surface area contributed by atoms with E-state index in [2.05, 4.69) is 30.9 Å². The molecule has 1 aliphatic heterocycles. The number of carbonyl (C=O) groups excluding carboxylic acids is 1. The summed E-state index contributed by atoms with van der Waals surface area (Å²) in [5.74, 6) is 0.283. The van der Waals surface area contributed by atoms with Crippen molar-refractivity contribution < 1.29 is 9.53 Å². The van der Waals surface area contributed by atoms with E-state index < -0.39 is 5.41 Å². The molecule has 0 aromatic heterocycles. The highest BCUT2D eigenvalue weighted by atomic mass is 16.5. The van der Waals surface area contributed by atoms with Gasteiger partial charge in [-0.1, -0.05) is 44.2 Å². The highest BCUT2D eigenvalue weighted by Crippen LogP contribution is 2.42. The fraction of sp³-hybridized carbons (Fsp3) is 0.611. The highest BCUT2D eigenvalue weighted by molar-refractivity contribution is 5.83. The van der Waals surface area contributed by atoms with E-state index in [0.29, 0.717) is 12.5 Å². The van der Waals surface area contributed by atoms with Crippen molar-refractivity contribution >= 4 is 5.97 Å². The van der Waals surface area contributed by atoms with Crippen molar-refractivity contribution in [1.82, 2.24) is 4.90 Å². The monoisotopic (exact) mass is 289 g/mol. The number of rotatable bonds is 6. The van der Waals surface area contributed by atoms with Crippen LogP contribution in [-0.4, -0.2) is 37.1 Å². The summed E-state index contributed by atoms with van der Waals surface area (Å²) < 4.78 is 5.48. The summed E-state index contributed by atoms with van der Waals surface area (Å²) in [5.41, 5.74) is 0.607. The molecule has 21 heavy (non-hydrogen) atoms. The normalized spacial score (nSPS) is 22.0.